The second-order valence-corrected chi connectivity index (χ2v) is 18.3. The number of ether oxygens (including phenoxy) is 1. The average molecular weight is 796 g/mol. The van der Waals surface area contributed by atoms with Crippen molar-refractivity contribution in [3.63, 3.8) is 0 Å². The first-order valence-electron chi connectivity index (χ1n) is 19.0. The van der Waals surface area contributed by atoms with E-state index in [1.54, 1.807) is 24.4 Å². The third-order valence-electron chi connectivity index (χ3n) is 11.4. The number of sulfonamides is 1. The topological polar surface area (TPSA) is 190 Å². The minimum atomic E-state index is -4.04. The number of nitrogens with one attached hydrogen (secondary N) is 3. The van der Waals surface area contributed by atoms with Crippen molar-refractivity contribution in [1.82, 2.24) is 35.2 Å². The van der Waals surface area contributed by atoms with Gasteiger partial charge in [-0.2, -0.15) is 0 Å². The molecule has 5 atom stereocenters. The first-order chi connectivity index (χ1) is 26.3. The molecule has 4 amide bonds. The monoisotopic (exact) mass is 795 g/mol. The van der Waals surface area contributed by atoms with Gasteiger partial charge < -0.3 is 20.3 Å². The number of nitrogens with zero attached hydrogens (tertiary/aromatic N) is 4. The molecular formula is C38H46FN7O7S2. The highest BCUT2D eigenvalue weighted by molar-refractivity contribution is 7.91. The molecule has 1 aromatic carbocycles. The normalized spacial score (nSPS) is 27.6. The molecule has 7 rings (SSSR count). The number of allylic oxidation sites excluding steroid dienone is 1. The Morgan fingerprint density at radius 3 is 2.67 bits per heavy atom. The van der Waals surface area contributed by atoms with E-state index >= 15 is 0 Å². The summed E-state index contributed by atoms with van der Waals surface area (Å²) < 4.78 is 49.1. The number of amides is 4. The van der Waals surface area contributed by atoms with Gasteiger partial charge in [-0.25, -0.2) is 27.8 Å². The fourth-order valence-corrected chi connectivity index (χ4v) is 9.70. The number of carbonyl (C=O) groups is 4. The lowest BCUT2D eigenvalue weighted by Gasteiger charge is -2.36. The molecule has 0 bridgehead atoms. The molecule has 4 heterocycles. The zero-order chi connectivity index (χ0) is 39.0. The number of para-hydroxylation sites is 1. The van der Waals surface area contributed by atoms with Crippen LogP contribution in [0.5, 0.6) is 5.88 Å². The Morgan fingerprint density at radius 2 is 1.93 bits per heavy atom. The quantitative estimate of drug-likeness (QED) is 0.280. The molecule has 2 aromatic heterocycles. The zero-order valence-electron chi connectivity index (χ0n) is 30.9. The van der Waals surface area contributed by atoms with Gasteiger partial charge in [0.2, 0.25) is 27.7 Å². The van der Waals surface area contributed by atoms with E-state index in [4.69, 9.17) is 4.74 Å². The maximum absolute atomic E-state index is 14.8. The Morgan fingerprint density at radius 1 is 1.11 bits per heavy atom. The van der Waals surface area contributed by atoms with Crippen LogP contribution in [0.3, 0.4) is 0 Å². The standard InChI is InChI=1S/C38H46FN7O7S2/c1-3-26-33(43-30-25(39)13-9-15-27(30)41-26)53-24-21-29-31(47)44-38(36(50)45-55(51,52)37(2)17-18-37)16-10-12-23(38)11-7-5-4-6-8-14-28(35(49)46(29)22-24)42-32(48)34-40-19-20-54-34/h7,9,11,13,15,19-20,23-24,28-29H,3-6,8,10,12,14,16-18,21-22H2,1-2H3,(H,42,48)(H,44,47)(H,45,50)/b11-7-/t23?,24-,28+,29+,38-/m1/s1. The lowest BCUT2D eigenvalue weighted by atomic mass is 9.85. The molecule has 1 saturated heterocycles. The van der Waals surface area contributed by atoms with Crippen LogP contribution in [0.25, 0.3) is 11.0 Å². The van der Waals surface area contributed by atoms with Crippen molar-refractivity contribution in [3.8, 4) is 5.88 Å². The Hall–Kier alpha value is -4.51. The number of rotatable bonds is 8. The van der Waals surface area contributed by atoms with E-state index in [-0.39, 0.29) is 35.8 Å². The summed E-state index contributed by atoms with van der Waals surface area (Å²) in [7, 11) is -4.04. The third-order valence-corrected chi connectivity index (χ3v) is 14.3. The highest BCUT2D eigenvalue weighted by atomic mass is 32.2. The molecule has 2 saturated carbocycles. The summed E-state index contributed by atoms with van der Waals surface area (Å²) in [5.74, 6) is -3.49. The largest absolute Gasteiger partial charge is 0.471 e. The van der Waals surface area contributed by atoms with Gasteiger partial charge in [0.05, 0.1) is 16.8 Å². The summed E-state index contributed by atoms with van der Waals surface area (Å²) in [6, 6.07) is 2.28. The van der Waals surface area contributed by atoms with Gasteiger partial charge in [0.15, 0.2) is 10.8 Å². The number of hydrogen-bond donors (Lipinski definition) is 3. The number of fused-ring (bicyclic) bond motifs is 3. The first-order valence-corrected chi connectivity index (χ1v) is 21.4. The van der Waals surface area contributed by atoms with Gasteiger partial charge in [0.1, 0.15) is 34.9 Å². The summed E-state index contributed by atoms with van der Waals surface area (Å²) in [5.41, 5.74) is -0.758. The van der Waals surface area contributed by atoms with Crippen molar-refractivity contribution in [2.45, 2.75) is 119 Å². The molecule has 0 radical (unpaired) electrons. The Labute approximate surface area is 323 Å². The van der Waals surface area contributed by atoms with Crippen molar-refractivity contribution in [2.24, 2.45) is 5.92 Å². The van der Waals surface area contributed by atoms with Crippen LogP contribution in [0.1, 0.15) is 100.0 Å². The fourth-order valence-electron chi connectivity index (χ4n) is 7.85. The van der Waals surface area contributed by atoms with Crippen LogP contribution >= 0.6 is 11.3 Å². The predicted octanol–water partition coefficient (Wildman–Crippen LogP) is 4.11. The van der Waals surface area contributed by atoms with Crippen LogP contribution in [0.4, 0.5) is 4.39 Å². The van der Waals surface area contributed by atoms with E-state index in [1.807, 2.05) is 19.1 Å². The summed E-state index contributed by atoms with van der Waals surface area (Å²) in [6.45, 7) is 3.36. The van der Waals surface area contributed by atoms with E-state index in [0.717, 1.165) is 24.2 Å². The lowest BCUT2D eigenvalue weighted by Crippen LogP contribution is -2.65. The van der Waals surface area contributed by atoms with Gasteiger partial charge in [-0.15, -0.1) is 11.3 Å². The number of hydrogen-bond acceptors (Lipinski definition) is 11. The number of halogens is 1. The highest BCUT2D eigenvalue weighted by Gasteiger charge is 2.56. The molecule has 0 spiro atoms. The minimum absolute atomic E-state index is 0.0182. The second-order valence-electron chi connectivity index (χ2n) is 15.2. The molecule has 1 unspecified atom stereocenters. The number of aryl methyl sites for hydroxylation is 1. The van der Waals surface area contributed by atoms with E-state index < -0.39 is 73.9 Å². The third kappa shape index (κ3) is 7.82. The SMILES string of the molecule is CCc1nc2cccc(F)c2nc1O[C@@H]1C[C@H]2C(=O)N[C@]3(C(=O)NS(=O)(=O)C4(C)CC4)CCCC3/C=C\CCCCC[C@H](NC(=O)c3nccs3)C(=O)N2C1. The minimum Gasteiger partial charge on any atom is -0.471 e. The smallest absolute Gasteiger partial charge is 0.280 e. The molecule has 55 heavy (non-hydrogen) atoms. The molecule has 3 N–H and O–H groups in total. The maximum atomic E-state index is 14.8. The van der Waals surface area contributed by atoms with Gasteiger partial charge >= 0.3 is 0 Å². The molecule has 3 aromatic rings. The molecule has 2 aliphatic heterocycles. The van der Waals surface area contributed by atoms with Crippen molar-refractivity contribution < 1.29 is 36.7 Å². The molecule has 17 heteroatoms. The van der Waals surface area contributed by atoms with Crippen molar-refractivity contribution in [2.75, 3.05) is 6.54 Å². The van der Waals surface area contributed by atoms with Gasteiger partial charge in [-0.1, -0.05) is 38.0 Å². The van der Waals surface area contributed by atoms with E-state index in [2.05, 4.69) is 30.3 Å². The summed E-state index contributed by atoms with van der Waals surface area (Å²) in [6.07, 6.45) is 10.2. The van der Waals surface area contributed by atoms with Gasteiger partial charge in [-0.05, 0) is 76.8 Å². The summed E-state index contributed by atoms with van der Waals surface area (Å²) in [5, 5.41) is 7.67. The van der Waals surface area contributed by atoms with Crippen molar-refractivity contribution >= 4 is 56.0 Å². The van der Waals surface area contributed by atoms with E-state index in [0.29, 0.717) is 62.6 Å². The number of benzene rings is 1. The Kier molecular flexibility index (Phi) is 11.0. The van der Waals surface area contributed by atoms with Crippen LogP contribution in [-0.4, -0.2) is 86.9 Å². The maximum Gasteiger partial charge on any atom is 0.280 e. The Balaban J connectivity index is 1.24. The summed E-state index contributed by atoms with van der Waals surface area (Å²) in [4.78, 5) is 71.3. The number of carbonyl (C=O) groups excluding carboxylic acids is 4. The first kappa shape index (κ1) is 38.8. The lowest BCUT2D eigenvalue weighted by molar-refractivity contribution is -0.142. The van der Waals surface area contributed by atoms with Crippen molar-refractivity contribution in [1.29, 1.82) is 0 Å². The van der Waals surface area contributed by atoms with E-state index in [1.165, 1.54) is 17.2 Å². The van der Waals surface area contributed by atoms with Gasteiger partial charge in [0.25, 0.3) is 11.8 Å². The van der Waals surface area contributed by atoms with Gasteiger partial charge in [-0.3, -0.25) is 23.9 Å². The van der Waals surface area contributed by atoms with Crippen LogP contribution in [0.15, 0.2) is 41.9 Å². The van der Waals surface area contributed by atoms with Crippen molar-refractivity contribution in [3.05, 3.63) is 58.4 Å². The Bertz CT molecular complexity index is 2110. The number of thiazole rings is 1. The molecule has 3 fully saturated rings. The molecule has 4 aliphatic rings. The zero-order valence-corrected chi connectivity index (χ0v) is 32.5. The van der Waals surface area contributed by atoms with Crippen LogP contribution in [0.2, 0.25) is 0 Å². The van der Waals surface area contributed by atoms with E-state index in [9.17, 15) is 32.0 Å². The second kappa shape index (κ2) is 15.6. The molecule has 294 valence electrons. The van der Waals surface area contributed by atoms with Crippen LogP contribution in [0, 0.1) is 11.7 Å². The van der Waals surface area contributed by atoms with Gasteiger partial charge in [0, 0.05) is 23.9 Å². The highest BCUT2D eigenvalue weighted by Crippen LogP contribution is 2.44. The molecule has 2 aliphatic carbocycles. The molecular weight excluding hydrogens is 750 g/mol. The number of aromatic nitrogens is 3. The average Bonchev–Trinajstić information content (AvgIpc) is 3.52. The summed E-state index contributed by atoms with van der Waals surface area (Å²) >= 11 is 1.14. The predicted molar refractivity (Wildman–Crippen MR) is 202 cm³/mol. The fraction of sp³-hybridized carbons (Fsp3) is 0.553. The molecule has 14 nitrogen and oxygen atoms in total. The van der Waals surface area contributed by atoms with Crippen LogP contribution in [-0.2, 0) is 30.8 Å². The van der Waals surface area contributed by atoms with Crippen LogP contribution < -0.4 is 20.1 Å².